The van der Waals surface area contributed by atoms with Crippen LogP contribution in [0.1, 0.15) is 38.4 Å². The molecule has 0 saturated carbocycles. The zero-order valence-electron chi connectivity index (χ0n) is 15.3. The standard InChI is InChI=1S/C18H27N5O2/c1-13(2)8-23-9-14(18(11-23)4-6-24-7-5-18)16-20-17(25-21-16)15-10-22(3)12-19-15/h10,12-14H,4-9,11H2,1-3H3/t14-/m1/s1. The van der Waals surface area contributed by atoms with E-state index in [0.717, 1.165) is 57.2 Å². The molecule has 2 saturated heterocycles. The van der Waals surface area contributed by atoms with Crippen LogP contribution in [-0.2, 0) is 11.8 Å². The Kier molecular flexibility index (Phi) is 4.37. The maximum atomic E-state index is 5.64. The van der Waals surface area contributed by atoms with Gasteiger partial charge >= 0.3 is 0 Å². The summed E-state index contributed by atoms with van der Waals surface area (Å²) in [6.07, 6.45) is 5.79. The largest absolute Gasteiger partial charge is 0.381 e. The normalized spacial score (nSPS) is 23.8. The van der Waals surface area contributed by atoms with Crippen LogP contribution in [0.2, 0.25) is 0 Å². The van der Waals surface area contributed by atoms with E-state index in [1.807, 2.05) is 17.8 Å². The van der Waals surface area contributed by atoms with Crippen LogP contribution in [0.3, 0.4) is 0 Å². The number of hydrogen-bond acceptors (Lipinski definition) is 6. The maximum Gasteiger partial charge on any atom is 0.278 e. The van der Waals surface area contributed by atoms with Crippen LogP contribution in [0.15, 0.2) is 17.0 Å². The lowest BCUT2D eigenvalue weighted by Crippen LogP contribution is -2.36. The second kappa shape index (κ2) is 6.53. The third kappa shape index (κ3) is 3.22. The molecule has 2 aliphatic heterocycles. The topological polar surface area (TPSA) is 69.2 Å². The van der Waals surface area contributed by atoms with Gasteiger partial charge in [0.05, 0.1) is 6.33 Å². The summed E-state index contributed by atoms with van der Waals surface area (Å²) in [5.74, 6) is 2.30. The first-order valence-electron chi connectivity index (χ1n) is 9.18. The zero-order valence-corrected chi connectivity index (χ0v) is 15.3. The monoisotopic (exact) mass is 345 g/mol. The van der Waals surface area contributed by atoms with E-state index in [1.54, 1.807) is 6.33 Å². The van der Waals surface area contributed by atoms with E-state index in [2.05, 4.69) is 28.9 Å². The maximum absolute atomic E-state index is 5.64. The minimum Gasteiger partial charge on any atom is -0.381 e. The predicted molar refractivity (Wildman–Crippen MR) is 93.0 cm³/mol. The zero-order chi connectivity index (χ0) is 17.4. The molecule has 2 fully saturated rings. The molecule has 0 N–H and O–H groups in total. The quantitative estimate of drug-likeness (QED) is 0.847. The van der Waals surface area contributed by atoms with E-state index in [4.69, 9.17) is 14.2 Å². The van der Waals surface area contributed by atoms with Crippen molar-refractivity contribution in [3.8, 4) is 11.6 Å². The predicted octanol–water partition coefficient (Wildman–Crippen LogP) is 2.32. The number of nitrogens with zero attached hydrogens (tertiary/aromatic N) is 5. The van der Waals surface area contributed by atoms with Gasteiger partial charge in [0.25, 0.3) is 5.89 Å². The van der Waals surface area contributed by atoms with Crippen LogP contribution in [0.5, 0.6) is 0 Å². The van der Waals surface area contributed by atoms with Gasteiger partial charge in [-0.1, -0.05) is 19.0 Å². The van der Waals surface area contributed by atoms with Crippen molar-refractivity contribution < 1.29 is 9.26 Å². The molecule has 0 aromatic carbocycles. The molecule has 0 radical (unpaired) electrons. The van der Waals surface area contributed by atoms with Crippen molar-refractivity contribution in [1.82, 2.24) is 24.6 Å². The average molecular weight is 345 g/mol. The molecule has 2 aliphatic rings. The van der Waals surface area contributed by atoms with Gasteiger partial charge < -0.3 is 18.7 Å². The molecule has 7 heteroatoms. The number of ether oxygens (including phenoxy) is 1. The highest BCUT2D eigenvalue weighted by atomic mass is 16.5. The van der Waals surface area contributed by atoms with Gasteiger partial charge in [-0.25, -0.2) is 4.98 Å². The summed E-state index contributed by atoms with van der Waals surface area (Å²) in [5.41, 5.74) is 0.942. The Morgan fingerprint density at radius 1 is 1.32 bits per heavy atom. The van der Waals surface area contributed by atoms with Crippen molar-refractivity contribution >= 4 is 0 Å². The smallest absolute Gasteiger partial charge is 0.278 e. The number of rotatable bonds is 4. The Morgan fingerprint density at radius 3 is 2.80 bits per heavy atom. The fourth-order valence-electron chi connectivity index (χ4n) is 4.37. The van der Waals surface area contributed by atoms with Crippen molar-refractivity contribution in [1.29, 1.82) is 0 Å². The average Bonchev–Trinajstić information content (AvgIpc) is 3.27. The summed E-state index contributed by atoms with van der Waals surface area (Å²) >= 11 is 0. The molecule has 4 heterocycles. The molecular formula is C18H27N5O2. The van der Waals surface area contributed by atoms with Gasteiger partial charge in [-0.2, -0.15) is 4.98 Å². The molecule has 1 atom stereocenters. The molecule has 4 rings (SSSR count). The number of likely N-dealkylation sites (tertiary alicyclic amines) is 1. The van der Waals surface area contributed by atoms with E-state index in [-0.39, 0.29) is 5.41 Å². The molecule has 25 heavy (non-hydrogen) atoms. The van der Waals surface area contributed by atoms with Gasteiger partial charge in [0.2, 0.25) is 0 Å². The molecule has 0 bridgehead atoms. The van der Waals surface area contributed by atoms with Gasteiger partial charge in [-0.3, -0.25) is 0 Å². The minimum atomic E-state index is 0.207. The lowest BCUT2D eigenvalue weighted by molar-refractivity contribution is 0.0106. The number of imidazole rings is 1. The fraction of sp³-hybridized carbons (Fsp3) is 0.722. The molecule has 1 spiro atoms. The van der Waals surface area contributed by atoms with Crippen molar-refractivity contribution in [3.63, 3.8) is 0 Å². The van der Waals surface area contributed by atoms with Crippen LogP contribution in [0, 0.1) is 11.3 Å². The van der Waals surface area contributed by atoms with Gasteiger partial charge in [0.1, 0.15) is 5.69 Å². The molecule has 2 aromatic heterocycles. The highest BCUT2D eigenvalue weighted by Crippen LogP contribution is 2.49. The van der Waals surface area contributed by atoms with E-state index in [1.165, 1.54) is 0 Å². The Morgan fingerprint density at radius 2 is 2.12 bits per heavy atom. The first-order chi connectivity index (χ1) is 12.1. The molecular weight excluding hydrogens is 318 g/mol. The van der Waals surface area contributed by atoms with Crippen LogP contribution >= 0.6 is 0 Å². The van der Waals surface area contributed by atoms with E-state index in [9.17, 15) is 0 Å². The molecule has 7 nitrogen and oxygen atoms in total. The molecule has 0 unspecified atom stereocenters. The lowest BCUT2D eigenvalue weighted by Gasteiger charge is -2.37. The SMILES string of the molecule is CC(C)CN1C[C@H](c2noc(-c3cn(C)cn3)n2)C2(CCOCC2)C1. The summed E-state index contributed by atoms with van der Waals surface area (Å²) in [5, 5.41) is 4.34. The summed E-state index contributed by atoms with van der Waals surface area (Å²) in [7, 11) is 1.94. The summed E-state index contributed by atoms with van der Waals surface area (Å²) in [6, 6.07) is 0. The Hall–Kier alpha value is -1.73. The summed E-state index contributed by atoms with van der Waals surface area (Å²) in [6.45, 7) is 9.43. The van der Waals surface area contributed by atoms with Gasteiger partial charge in [-0.15, -0.1) is 0 Å². The number of hydrogen-bond donors (Lipinski definition) is 0. The lowest BCUT2D eigenvalue weighted by atomic mass is 9.72. The molecule has 136 valence electrons. The Balaban J connectivity index is 1.61. The van der Waals surface area contributed by atoms with Gasteiger partial charge in [0, 0.05) is 52.0 Å². The third-order valence-electron chi connectivity index (χ3n) is 5.51. The highest BCUT2D eigenvalue weighted by Gasteiger charge is 2.49. The molecule has 0 aliphatic carbocycles. The molecule has 2 aromatic rings. The van der Waals surface area contributed by atoms with Crippen LogP contribution in [0.4, 0.5) is 0 Å². The molecule has 0 amide bonds. The fourth-order valence-corrected chi connectivity index (χ4v) is 4.37. The van der Waals surface area contributed by atoms with Crippen LogP contribution in [0.25, 0.3) is 11.6 Å². The van der Waals surface area contributed by atoms with Crippen molar-refractivity contribution in [2.45, 2.75) is 32.6 Å². The third-order valence-corrected chi connectivity index (χ3v) is 5.51. The van der Waals surface area contributed by atoms with Gasteiger partial charge in [0.15, 0.2) is 5.82 Å². The van der Waals surface area contributed by atoms with E-state index >= 15 is 0 Å². The van der Waals surface area contributed by atoms with Crippen molar-refractivity contribution in [2.24, 2.45) is 18.4 Å². The number of aryl methyl sites for hydroxylation is 1. The van der Waals surface area contributed by atoms with E-state index in [0.29, 0.717) is 17.7 Å². The first kappa shape index (κ1) is 16.7. The highest BCUT2D eigenvalue weighted by molar-refractivity contribution is 5.44. The first-order valence-corrected chi connectivity index (χ1v) is 9.18. The summed E-state index contributed by atoms with van der Waals surface area (Å²) < 4.78 is 13.1. The van der Waals surface area contributed by atoms with Crippen molar-refractivity contribution in [2.75, 3.05) is 32.8 Å². The summed E-state index contributed by atoms with van der Waals surface area (Å²) in [4.78, 5) is 11.6. The minimum absolute atomic E-state index is 0.207. The van der Waals surface area contributed by atoms with Crippen molar-refractivity contribution in [3.05, 3.63) is 18.3 Å². The number of aromatic nitrogens is 4. The van der Waals surface area contributed by atoms with E-state index < -0.39 is 0 Å². The van der Waals surface area contributed by atoms with Gasteiger partial charge in [-0.05, 0) is 24.2 Å². The second-order valence-corrected chi connectivity index (χ2v) is 8.00. The Bertz CT molecular complexity index is 717. The second-order valence-electron chi connectivity index (χ2n) is 8.00. The Labute approximate surface area is 148 Å². The van der Waals surface area contributed by atoms with Crippen LogP contribution < -0.4 is 0 Å². The van der Waals surface area contributed by atoms with Crippen LogP contribution in [-0.4, -0.2) is 57.4 Å².